The zero-order chi connectivity index (χ0) is 35.1. The van der Waals surface area contributed by atoms with E-state index in [9.17, 15) is 19.5 Å². The van der Waals surface area contributed by atoms with Crippen molar-refractivity contribution in [2.24, 2.45) is 62.1 Å². The number of allylic oxidation sites excluding steroid dienone is 1. The van der Waals surface area contributed by atoms with Crippen LogP contribution in [0.15, 0.2) is 12.2 Å². The van der Waals surface area contributed by atoms with Crippen molar-refractivity contribution in [3.05, 3.63) is 12.2 Å². The molecule has 6 fully saturated rings. The number of hydrogen-bond acceptors (Lipinski definition) is 5. The minimum absolute atomic E-state index is 0.103. The highest BCUT2D eigenvalue weighted by Gasteiger charge is 2.71. The first-order valence-corrected chi connectivity index (χ1v) is 20.4. The van der Waals surface area contributed by atoms with Crippen LogP contribution < -0.4 is 0 Å². The van der Waals surface area contributed by atoms with Gasteiger partial charge in [0.05, 0.1) is 11.8 Å². The summed E-state index contributed by atoms with van der Waals surface area (Å²) in [5.74, 6) is 3.92. The lowest BCUT2D eigenvalue weighted by Gasteiger charge is -2.73. The third-order valence-corrected chi connectivity index (χ3v) is 17.4. The molecule has 0 spiro atoms. The van der Waals surface area contributed by atoms with E-state index in [0.717, 1.165) is 50.3 Å². The van der Waals surface area contributed by atoms with Gasteiger partial charge in [0.25, 0.3) is 0 Å². The SMILES string of the molecule is C=C(C)[C@@H]1CC[C@]2(CC(=O)N3CCSCC3)CC[C@]3(C)[C@H](CC[C@@H]4[C@@]5(C)CC[C@H](OC(=O)CC(C)(C)C(=O)O)C(C)(C)[C@@H]5CC[C@]43C)[C@@H]12. The number of fused-ring (bicyclic) bond motifs is 7. The molecule has 6 aliphatic rings. The number of carbonyl (C=O) groups excluding carboxylic acids is 2. The highest BCUT2D eigenvalue weighted by atomic mass is 32.2. The van der Waals surface area contributed by atoms with Crippen LogP contribution in [0.2, 0.25) is 0 Å². The van der Waals surface area contributed by atoms with Crippen LogP contribution in [0.1, 0.15) is 132 Å². The predicted molar refractivity (Wildman–Crippen MR) is 193 cm³/mol. The maximum atomic E-state index is 13.9. The van der Waals surface area contributed by atoms with Gasteiger partial charge in [0.2, 0.25) is 5.91 Å². The minimum Gasteiger partial charge on any atom is -0.481 e. The third kappa shape index (κ3) is 5.52. The lowest BCUT2D eigenvalue weighted by atomic mass is 9.32. The summed E-state index contributed by atoms with van der Waals surface area (Å²) in [4.78, 5) is 40.9. The Morgan fingerprint density at radius 1 is 0.875 bits per heavy atom. The van der Waals surface area contributed by atoms with Gasteiger partial charge in [-0.1, -0.05) is 46.8 Å². The summed E-state index contributed by atoms with van der Waals surface area (Å²) in [7, 11) is 0. The van der Waals surface area contributed by atoms with Gasteiger partial charge >= 0.3 is 11.9 Å². The van der Waals surface area contributed by atoms with E-state index < -0.39 is 11.4 Å². The van der Waals surface area contributed by atoms with Gasteiger partial charge in [0.1, 0.15) is 6.10 Å². The van der Waals surface area contributed by atoms with Crippen LogP contribution >= 0.6 is 11.8 Å². The summed E-state index contributed by atoms with van der Waals surface area (Å²) >= 11 is 1.97. The number of hydrogen-bond donors (Lipinski definition) is 1. The van der Waals surface area contributed by atoms with Crippen LogP contribution in [-0.2, 0) is 19.1 Å². The summed E-state index contributed by atoms with van der Waals surface area (Å²) in [6, 6.07) is 0. The van der Waals surface area contributed by atoms with Crippen LogP contribution in [0, 0.1) is 62.1 Å². The fourth-order valence-corrected chi connectivity index (χ4v) is 14.5. The molecular formula is C41H65NO5S. The van der Waals surface area contributed by atoms with Crippen molar-refractivity contribution < 1.29 is 24.2 Å². The highest BCUT2D eigenvalue weighted by molar-refractivity contribution is 7.99. The molecule has 1 heterocycles. The van der Waals surface area contributed by atoms with Gasteiger partial charge in [-0.25, -0.2) is 0 Å². The average Bonchev–Trinajstić information content (AvgIpc) is 3.39. The molecule has 0 aromatic heterocycles. The number of carboxylic acid groups (broad SMARTS) is 1. The number of carboxylic acids is 1. The third-order valence-electron chi connectivity index (χ3n) is 16.5. The second kappa shape index (κ2) is 12.3. The van der Waals surface area contributed by atoms with Gasteiger partial charge in [0, 0.05) is 36.4 Å². The van der Waals surface area contributed by atoms with Crippen molar-refractivity contribution in [2.75, 3.05) is 24.6 Å². The van der Waals surface area contributed by atoms with Crippen LogP contribution in [0.4, 0.5) is 0 Å². The molecule has 6 nitrogen and oxygen atoms in total. The summed E-state index contributed by atoms with van der Waals surface area (Å²) in [6.07, 6.45) is 11.9. The number of ether oxygens (including phenoxy) is 1. The molecule has 0 aromatic rings. The number of esters is 1. The van der Waals surface area contributed by atoms with Crippen LogP contribution in [0.25, 0.3) is 0 Å². The molecule has 5 saturated carbocycles. The molecule has 5 aliphatic carbocycles. The van der Waals surface area contributed by atoms with Crippen LogP contribution in [0.3, 0.4) is 0 Å². The van der Waals surface area contributed by atoms with E-state index in [-0.39, 0.29) is 45.6 Å². The smallest absolute Gasteiger partial charge is 0.309 e. The van der Waals surface area contributed by atoms with E-state index in [4.69, 9.17) is 4.74 Å². The molecule has 1 aliphatic heterocycles. The van der Waals surface area contributed by atoms with E-state index >= 15 is 0 Å². The Morgan fingerprint density at radius 2 is 1.56 bits per heavy atom. The summed E-state index contributed by atoms with van der Waals surface area (Å²) in [6.45, 7) is 24.4. The summed E-state index contributed by atoms with van der Waals surface area (Å²) in [5, 5.41) is 9.59. The molecular weight excluding hydrogens is 619 g/mol. The van der Waals surface area contributed by atoms with Crippen LogP contribution in [-0.4, -0.2) is 58.6 Å². The lowest BCUT2D eigenvalue weighted by Crippen LogP contribution is -2.67. The molecule has 0 unspecified atom stereocenters. The first-order chi connectivity index (χ1) is 22.3. The van der Waals surface area contributed by atoms with Crippen molar-refractivity contribution in [1.29, 1.82) is 0 Å². The molecule has 0 radical (unpaired) electrons. The first kappa shape index (κ1) is 36.3. The van der Waals surface area contributed by atoms with E-state index in [2.05, 4.69) is 53.0 Å². The van der Waals surface area contributed by atoms with Gasteiger partial charge in [-0.3, -0.25) is 14.4 Å². The van der Waals surface area contributed by atoms with Crippen molar-refractivity contribution in [3.8, 4) is 0 Å². The highest BCUT2D eigenvalue weighted by Crippen LogP contribution is 2.78. The van der Waals surface area contributed by atoms with Crippen molar-refractivity contribution in [3.63, 3.8) is 0 Å². The van der Waals surface area contributed by atoms with E-state index in [1.54, 1.807) is 13.8 Å². The number of amides is 1. The molecule has 7 heteroatoms. The monoisotopic (exact) mass is 683 g/mol. The molecule has 48 heavy (non-hydrogen) atoms. The minimum atomic E-state index is -1.13. The Bertz CT molecular complexity index is 1320. The fourth-order valence-electron chi connectivity index (χ4n) is 13.6. The van der Waals surface area contributed by atoms with Gasteiger partial charge < -0.3 is 14.7 Å². The second-order valence-corrected chi connectivity index (χ2v) is 20.6. The van der Waals surface area contributed by atoms with Gasteiger partial charge in [-0.05, 0) is 136 Å². The van der Waals surface area contributed by atoms with Crippen molar-refractivity contribution in [2.45, 2.75) is 139 Å². The first-order valence-electron chi connectivity index (χ1n) is 19.3. The Balaban J connectivity index is 1.25. The topological polar surface area (TPSA) is 83.9 Å². The molecule has 1 N–H and O–H groups in total. The zero-order valence-corrected chi connectivity index (χ0v) is 32.2. The van der Waals surface area contributed by atoms with Crippen molar-refractivity contribution >= 4 is 29.6 Å². The summed E-state index contributed by atoms with van der Waals surface area (Å²) < 4.78 is 6.18. The Hall–Kier alpha value is -1.50. The van der Waals surface area contributed by atoms with Crippen LogP contribution in [0.5, 0.6) is 0 Å². The molecule has 1 saturated heterocycles. The van der Waals surface area contributed by atoms with Crippen molar-refractivity contribution in [1.82, 2.24) is 4.90 Å². The molecule has 1 amide bonds. The predicted octanol–water partition coefficient (Wildman–Crippen LogP) is 9.02. The lowest BCUT2D eigenvalue weighted by molar-refractivity contribution is -0.250. The maximum Gasteiger partial charge on any atom is 0.309 e. The van der Waals surface area contributed by atoms with Gasteiger partial charge in [0.15, 0.2) is 0 Å². The van der Waals surface area contributed by atoms with E-state index in [0.29, 0.717) is 35.5 Å². The molecule has 270 valence electrons. The molecule has 0 bridgehead atoms. The fraction of sp³-hybridized carbons (Fsp3) is 0.878. The molecule has 0 aromatic carbocycles. The van der Waals surface area contributed by atoms with E-state index in [1.807, 2.05) is 11.8 Å². The Labute approximate surface area is 295 Å². The Morgan fingerprint density at radius 3 is 2.21 bits per heavy atom. The van der Waals surface area contributed by atoms with Gasteiger partial charge in [-0.2, -0.15) is 11.8 Å². The summed E-state index contributed by atoms with van der Waals surface area (Å²) in [5.41, 5.74) is 0.724. The number of aliphatic carboxylic acids is 1. The standard InChI is InChI=1S/C41H65NO5S/c1-26(2)27-12-17-41(24-32(43)42-20-22-48-23-21-42)19-18-39(8)28(34(27)41)10-11-30-38(7)15-14-31(47-33(44)25-36(3,4)35(45)46)37(5,6)29(38)13-16-40(30,39)9/h27-31,34H,1,10-25H2,2-9H3,(H,45,46)/t27-,28+,29-,30+,31-,34+,38-,39+,40+,41+/m0/s1. The number of carbonyl (C=O) groups is 3. The molecule has 10 atom stereocenters. The van der Waals surface area contributed by atoms with E-state index in [1.165, 1.54) is 50.5 Å². The number of rotatable bonds is 7. The largest absolute Gasteiger partial charge is 0.481 e. The normalized spacial score (nSPS) is 43.6. The average molecular weight is 684 g/mol. The van der Waals surface area contributed by atoms with Gasteiger partial charge in [-0.15, -0.1) is 0 Å². The maximum absolute atomic E-state index is 13.9. The molecule has 6 rings (SSSR count). The number of nitrogens with zero attached hydrogens (tertiary/aromatic N) is 1. The number of thioether (sulfide) groups is 1. The quantitative estimate of drug-likeness (QED) is 0.213. The Kier molecular flexibility index (Phi) is 9.32. The zero-order valence-electron chi connectivity index (χ0n) is 31.4. The second-order valence-electron chi connectivity index (χ2n) is 19.4.